The predicted molar refractivity (Wildman–Crippen MR) is 142 cm³/mol. The van der Waals surface area contributed by atoms with Gasteiger partial charge in [0.1, 0.15) is 5.75 Å². The first-order valence-electron chi connectivity index (χ1n) is 11.0. The summed E-state index contributed by atoms with van der Waals surface area (Å²) < 4.78 is 11.6. The van der Waals surface area contributed by atoms with Crippen molar-refractivity contribution in [1.29, 1.82) is 0 Å². The minimum atomic E-state index is 0. The van der Waals surface area contributed by atoms with E-state index in [1.54, 1.807) is 7.05 Å². The van der Waals surface area contributed by atoms with E-state index in [9.17, 15) is 0 Å². The summed E-state index contributed by atoms with van der Waals surface area (Å²) in [6.45, 7) is 6.72. The van der Waals surface area contributed by atoms with E-state index < -0.39 is 0 Å². The molecular weight excluding hydrogens is 515 g/mol. The molecule has 176 valence electrons. The molecule has 2 aromatic carbocycles. The first-order valence-corrected chi connectivity index (χ1v) is 11.0. The average molecular weight is 553 g/mol. The van der Waals surface area contributed by atoms with E-state index in [1.807, 2.05) is 0 Å². The Morgan fingerprint density at radius 3 is 2.47 bits per heavy atom. The number of guanidine groups is 1. The molecule has 32 heavy (non-hydrogen) atoms. The Hall–Kier alpha value is -1.84. The molecule has 1 unspecified atom stereocenters. The summed E-state index contributed by atoms with van der Waals surface area (Å²) in [5.41, 5.74) is 4.92. The third kappa shape index (κ3) is 8.26. The van der Waals surface area contributed by atoms with Crippen molar-refractivity contribution in [1.82, 2.24) is 15.5 Å². The predicted octanol–water partition coefficient (Wildman–Crippen LogP) is 3.96. The van der Waals surface area contributed by atoms with Crippen LogP contribution in [0.2, 0.25) is 0 Å². The molecule has 1 aliphatic rings. The van der Waals surface area contributed by atoms with E-state index in [2.05, 4.69) is 84.0 Å². The molecule has 0 spiro atoms. The summed E-state index contributed by atoms with van der Waals surface area (Å²) in [4.78, 5) is 6.57. The first kappa shape index (κ1) is 26.4. The largest absolute Gasteiger partial charge is 0.493 e. The number of rotatable bonds is 9. The third-order valence-electron chi connectivity index (χ3n) is 5.44. The molecule has 2 N–H and O–H groups in total. The van der Waals surface area contributed by atoms with Gasteiger partial charge in [-0.3, -0.25) is 4.99 Å². The van der Waals surface area contributed by atoms with Crippen molar-refractivity contribution in [2.45, 2.75) is 33.0 Å². The van der Waals surface area contributed by atoms with Crippen LogP contribution < -0.4 is 15.4 Å². The monoisotopic (exact) mass is 552 g/mol. The number of hydrogen-bond acceptors (Lipinski definition) is 4. The highest BCUT2D eigenvalue weighted by Crippen LogP contribution is 2.22. The van der Waals surface area contributed by atoms with Gasteiger partial charge in [-0.1, -0.05) is 36.4 Å². The van der Waals surface area contributed by atoms with Crippen molar-refractivity contribution < 1.29 is 9.47 Å². The van der Waals surface area contributed by atoms with Crippen LogP contribution in [0.1, 0.15) is 28.7 Å². The van der Waals surface area contributed by atoms with Crippen LogP contribution in [0, 0.1) is 12.8 Å². The Bertz CT molecular complexity index is 867. The molecule has 6 nitrogen and oxygen atoms in total. The van der Waals surface area contributed by atoms with E-state index in [4.69, 9.17) is 9.47 Å². The number of benzene rings is 2. The van der Waals surface area contributed by atoms with Crippen LogP contribution in [0.25, 0.3) is 0 Å². The van der Waals surface area contributed by atoms with Crippen LogP contribution in [0.5, 0.6) is 5.75 Å². The highest BCUT2D eigenvalue weighted by atomic mass is 127. The summed E-state index contributed by atoms with van der Waals surface area (Å²) in [7, 11) is 5.98. The molecule has 3 rings (SSSR count). The van der Waals surface area contributed by atoms with Gasteiger partial charge in [0.2, 0.25) is 0 Å². The first-order chi connectivity index (χ1) is 15.0. The number of aryl methyl sites for hydroxylation is 1. The van der Waals surface area contributed by atoms with Gasteiger partial charge in [-0.2, -0.15) is 0 Å². The molecule has 1 aliphatic heterocycles. The van der Waals surface area contributed by atoms with Gasteiger partial charge in [-0.25, -0.2) is 0 Å². The fourth-order valence-electron chi connectivity index (χ4n) is 3.67. The zero-order valence-electron chi connectivity index (χ0n) is 19.7. The van der Waals surface area contributed by atoms with Gasteiger partial charge in [0.25, 0.3) is 0 Å². The minimum absolute atomic E-state index is 0. The van der Waals surface area contributed by atoms with Crippen molar-refractivity contribution in [2.75, 3.05) is 41.0 Å². The van der Waals surface area contributed by atoms with Crippen molar-refractivity contribution in [3.05, 3.63) is 64.7 Å². The van der Waals surface area contributed by atoms with E-state index in [-0.39, 0.29) is 24.0 Å². The van der Waals surface area contributed by atoms with Crippen LogP contribution in [-0.2, 0) is 24.4 Å². The van der Waals surface area contributed by atoms with Crippen LogP contribution in [0.4, 0.5) is 0 Å². The Morgan fingerprint density at radius 2 is 1.81 bits per heavy atom. The quantitative estimate of drug-likeness (QED) is 0.280. The third-order valence-corrected chi connectivity index (χ3v) is 5.44. The highest BCUT2D eigenvalue weighted by molar-refractivity contribution is 14.0. The van der Waals surface area contributed by atoms with Crippen molar-refractivity contribution >= 4 is 29.9 Å². The Kier molecular flexibility index (Phi) is 11.3. The molecular formula is C25H37IN4O2. The summed E-state index contributed by atoms with van der Waals surface area (Å²) in [6.07, 6.45) is 1.07. The van der Waals surface area contributed by atoms with Crippen LogP contribution in [0.3, 0.4) is 0 Å². The number of halogens is 1. The minimum Gasteiger partial charge on any atom is -0.493 e. The summed E-state index contributed by atoms with van der Waals surface area (Å²) >= 11 is 0. The molecule has 0 amide bonds. The lowest BCUT2D eigenvalue weighted by molar-refractivity contribution is 0.166. The Morgan fingerprint density at radius 1 is 1.09 bits per heavy atom. The molecule has 0 aliphatic carbocycles. The lowest BCUT2D eigenvalue weighted by atomic mass is 10.1. The maximum atomic E-state index is 6.16. The van der Waals surface area contributed by atoms with Crippen LogP contribution in [-0.4, -0.2) is 51.8 Å². The topological polar surface area (TPSA) is 58.1 Å². The van der Waals surface area contributed by atoms with Gasteiger partial charge in [0.15, 0.2) is 5.96 Å². The standard InChI is InChI=1S/C25H36N4O2.HI/c1-19-9-10-22(24(13-19)31-18-20-11-12-30-17-20)15-28-25(26-2)27-14-21-7-5-6-8-23(21)16-29(3)4;/h5-10,13,20H,11-12,14-18H2,1-4H3,(H2,26,27,28);1H. The fourth-order valence-corrected chi connectivity index (χ4v) is 3.67. The molecule has 0 radical (unpaired) electrons. The molecule has 1 atom stereocenters. The SMILES string of the molecule is CN=C(NCc1ccccc1CN(C)C)NCc1ccc(C)cc1OCC1CCOC1.I. The maximum absolute atomic E-state index is 6.16. The van der Waals surface area contributed by atoms with Gasteiger partial charge >= 0.3 is 0 Å². The Labute approximate surface area is 209 Å². The molecule has 1 fully saturated rings. The number of hydrogen-bond donors (Lipinski definition) is 2. The molecule has 0 bridgehead atoms. The molecule has 2 aromatic rings. The molecule has 0 saturated carbocycles. The smallest absolute Gasteiger partial charge is 0.191 e. The molecule has 1 heterocycles. The average Bonchev–Trinajstić information content (AvgIpc) is 3.27. The van der Waals surface area contributed by atoms with Crippen molar-refractivity contribution in [3.8, 4) is 5.75 Å². The summed E-state index contributed by atoms with van der Waals surface area (Å²) in [6, 6.07) is 14.9. The second-order valence-corrected chi connectivity index (χ2v) is 8.44. The summed E-state index contributed by atoms with van der Waals surface area (Å²) in [5.74, 6) is 2.19. The number of nitrogens with zero attached hydrogens (tertiary/aromatic N) is 2. The number of aliphatic imine (C=N–C) groups is 1. The van der Waals surface area contributed by atoms with Gasteiger partial charge in [0.05, 0.1) is 13.2 Å². The van der Waals surface area contributed by atoms with E-state index in [0.29, 0.717) is 19.1 Å². The van der Waals surface area contributed by atoms with Gasteiger partial charge in [-0.15, -0.1) is 24.0 Å². The van der Waals surface area contributed by atoms with Crippen molar-refractivity contribution in [3.63, 3.8) is 0 Å². The second-order valence-electron chi connectivity index (χ2n) is 8.44. The lowest BCUT2D eigenvalue weighted by Crippen LogP contribution is -2.36. The zero-order chi connectivity index (χ0) is 22.1. The van der Waals surface area contributed by atoms with Crippen LogP contribution >= 0.6 is 24.0 Å². The Balaban J connectivity index is 0.00000363. The fraction of sp³-hybridized carbons (Fsp3) is 0.480. The highest BCUT2D eigenvalue weighted by Gasteiger charge is 2.17. The van der Waals surface area contributed by atoms with Crippen molar-refractivity contribution in [2.24, 2.45) is 10.9 Å². The normalized spacial score (nSPS) is 16.0. The van der Waals surface area contributed by atoms with E-state index in [0.717, 1.165) is 50.0 Å². The van der Waals surface area contributed by atoms with Gasteiger partial charge in [-0.05, 0) is 50.2 Å². The number of nitrogens with one attached hydrogen (secondary N) is 2. The molecule has 1 saturated heterocycles. The maximum Gasteiger partial charge on any atom is 0.191 e. The van der Waals surface area contributed by atoms with E-state index in [1.165, 1.54) is 16.7 Å². The number of ether oxygens (including phenoxy) is 2. The van der Waals surface area contributed by atoms with Gasteiger partial charge < -0.3 is 25.0 Å². The molecule has 7 heteroatoms. The van der Waals surface area contributed by atoms with Gasteiger partial charge in [0, 0.05) is 44.8 Å². The second kappa shape index (κ2) is 13.6. The zero-order valence-corrected chi connectivity index (χ0v) is 22.0. The van der Waals surface area contributed by atoms with E-state index >= 15 is 0 Å². The molecule has 0 aromatic heterocycles. The van der Waals surface area contributed by atoms with Crippen LogP contribution in [0.15, 0.2) is 47.5 Å². The summed E-state index contributed by atoms with van der Waals surface area (Å²) in [5, 5.41) is 6.87. The lowest BCUT2D eigenvalue weighted by Gasteiger charge is -2.18.